The van der Waals surface area contributed by atoms with E-state index >= 15 is 0 Å². The van der Waals surface area contributed by atoms with Gasteiger partial charge in [-0.3, -0.25) is 14.4 Å². The van der Waals surface area contributed by atoms with Crippen molar-refractivity contribution >= 4 is 112 Å². The van der Waals surface area contributed by atoms with Crippen LogP contribution in [0.2, 0.25) is 10.0 Å². The molecule has 0 fully saturated rings. The predicted molar refractivity (Wildman–Crippen MR) is 421 cm³/mol. The number of rotatable bonds is 25. The number of carbonyl (C=O) groups is 3. The third kappa shape index (κ3) is 34.1. The second-order valence-corrected chi connectivity index (χ2v) is 36.6. The highest BCUT2D eigenvalue weighted by Crippen LogP contribution is 2.24. The van der Waals surface area contributed by atoms with E-state index in [1.54, 1.807) is 38.1 Å². The van der Waals surface area contributed by atoms with Crippen molar-refractivity contribution in [1.82, 2.24) is 19.6 Å². The van der Waals surface area contributed by atoms with E-state index in [-0.39, 0.29) is 46.4 Å². The molecule has 18 nitrogen and oxygen atoms in total. The minimum atomic E-state index is -2.99. The number of carboxylic acid groups (broad SMARTS) is 1. The third-order valence-electron chi connectivity index (χ3n) is 15.8. The number of aryl methyl sites for hydroxylation is 7. The van der Waals surface area contributed by atoms with Crippen molar-refractivity contribution in [3.63, 3.8) is 0 Å². The van der Waals surface area contributed by atoms with Crippen LogP contribution in [0.5, 0.6) is 0 Å². The highest BCUT2D eigenvalue weighted by Gasteiger charge is 2.19. The van der Waals surface area contributed by atoms with Crippen molar-refractivity contribution in [2.45, 2.75) is 111 Å². The van der Waals surface area contributed by atoms with Crippen LogP contribution in [-0.4, -0.2) is 124 Å². The predicted octanol–water partition coefficient (Wildman–Crippen LogP) is 14.4. The number of hydrogen-bond acceptors (Lipinski definition) is 15. The molecular formula is C76H92Br2Cl2N6O12S4. The summed E-state index contributed by atoms with van der Waals surface area (Å²) in [5, 5.41) is 19.1. The van der Waals surface area contributed by atoms with Crippen LogP contribution < -0.4 is 11.5 Å². The van der Waals surface area contributed by atoms with Crippen molar-refractivity contribution < 1.29 is 53.2 Å². The molecular weight excluding hydrogens is 1550 g/mol. The Labute approximate surface area is 629 Å². The number of carbonyl (C=O) groups excluding carboxylic acids is 2. The summed E-state index contributed by atoms with van der Waals surface area (Å²) in [7, 11) is -11.7. The van der Waals surface area contributed by atoms with E-state index in [2.05, 4.69) is 42.1 Å². The highest BCUT2D eigenvalue weighted by molar-refractivity contribution is 9.10. The fourth-order valence-corrected chi connectivity index (χ4v) is 12.9. The van der Waals surface area contributed by atoms with Crippen LogP contribution in [0.3, 0.4) is 0 Å². The van der Waals surface area contributed by atoms with Gasteiger partial charge in [-0.15, -0.1) is 0 Å². The summed E-state index contributed by atoms with van der Waals surface area (Å²) in [5.74, 6) is -0.835. The van der Waals surface area contributed by atoms with Gasteiger partial charge in [0.05, 0.1) is 57.4 Å². The van der Waals surface area contributed by atoms with Crippen molar-refractivity contribution in [2.75, 3.05) is 48.0 Å². The first kappa shape index (κ1) is 87.4. The second-order valence-electron chi connectivity index (χ2n) is 24.8. The number of aromatic nitrogens is 4. The molecule has 7 aromatic carbocycles. The van der Waals surface area contributed by atoms with Gasteiger partial charge in [0.2, 0.25) is 0 Å². The summed E-state index contributed by atoms with van der Waals surface area (Å²) < 4.78 is 94.2. The lowest BCUT2D eigenvalue weighted by atomic mass is 9.93. The molecule has 0 saturated carbocycles. The third-order valence-corrected chi connectivity index (χ3v) is 21.1. The number of Topliss-reactive ketones (excluding diaryl/α,β-unsaturated/α-hetero) is 2. The van der Waals surface area contributed by atoms with Gasteiger partial charge in [-0.1, -0.05) is 178 Å². The Morgan fingerprint density at radius 3 is 1.07 bits per heavy atom. The van der Waals surface area contributed by atoms with Gasteiger partial charge in [-0.25, -0.2) is 43.0 Å². The average Bonchev–Trinajstić information content (AvgIpc) is 1.69. The van der Waals surface area contributed by atoms with Crippen LogP contribution in [0.25, 0.3) is 11.4 Å². The van der Waals surface area contributed by atoms with Crippen LogP contribution in [0.15, 0.2) is 191 Å². The van der Waals surface area contributed by atoms with E-state index in [1.165, 1.54) is 30.6 Å². The number of halogens is 4. The Morgan fingerprint density at radius 1 is 0.441 bits per heavy atom. The number of benzene rings is 7. The Morgan fingerprint density at radius 2 is 0.755 bits per heavy atom. The minimum absolute atomic E-state index is 0.0982. The van der Waals surface area contributed by atoms with Crippen LogP contribution in [0.1, 0.15) is 119 Å². The molecule has 0 amide bonds. The van der Waals surface area contributed by atoms with Gasteiger partial charge >= 0.3 is 5.97 Å². The van der Waals surface area contributed by atoms with Gasteiger partial charge < -0.3 is 16.6 Å². The first-order valence-electron chi connectivity index (χ1n) is 32.5. The SMILES string of the molecule is CC(=O)C(C)c1ccc(CCS(C)(=O)=O)cc1.CC(C(=O)O)c1ccc(CCS(C)(=O)=O)cc1.CS(=O)(=O)CCc1ccc(Br)cc1.Cc1cc(CCC(=O)C(C)c2ccc(CCS(C)(=O)=O)cc2)n(-c2cccc(Cl)c2)n1.Cc1cc(CN)n(-c2cccc(Cl)c2)n1.NCc1ccc(Br)cc1. The first-order valence-corrected chi connectivity index (χ1v) is 43.1. The monoisotopic (exact) mass is 1640 g/mol. The number of sulfone groups is 4. The lowest BCUT2D eigenvalue weighted by Gasteiger charge is -2.13. The molecule has 3 unspecified atom stereocenters. The maximum atomic E-state index is 12.8. The summed E-state index contributed by atoms with van der Waals surface area (Å²) >= 11 is 18.7. The normalized spacial score (nSPS) is 12.2. The van der Waals surface area contributed by atoms with Gasteiger partial charge in [-0.05, 0) is 177 Å². The summed E-state index contributed by atoms with van der Waals surface area (Å²) in [4.78, 5) is 34.8. The fraction of sp³-hybridized carbons (Fsp3) is 0.329. The summed E-state index contributed by atoms with van der Waals surface area (Å²) in [5.41, 5.74) is 24.3. The van der Waals surface area contributed by atoms with Crippen LogP contribution in [0, 0.1) is 13.8 Å². The fourth-order valence-electron chi connectivity index (χ4n) is 9.53. The van der Waals surface area contributed by atoms with Crippen molar-refractivity contribution in [2.24, 2.45) is 11.5 Å². The van der Waals surface area contributed by atoms with E-state index in [1.807, 2.05) is 195 Å². The van der Waals surface area contributed by atoms with Crippen LogP contribution >= 0.6 is 55.1 Å². The van der Waals surface area contributed by atoms with Crippen LogP contribution in [-0.2, 0) is 98.9 Å². The van der Waals surface area contributed by atoms with Crippen molar-refractivity contribution in [3.8, 4) is 11.4 Å². The largest absolute Gasteiger partial charge is 0.481 e. The van der Waals surface area contributed by atoms with Gasteiger partial charge in [0.1, 0.15) is 50.9 Å². The molecule has 3 atom stereocenters. The van der Waals surface area contributed by atoms with E-state index in [4.69, 9.17) is 39.8 Å². The number of nitrogens with two attached hydrogens (primary N) is 2. The molecule has 0 aliphatic carbocycles. The number of carboxylic acids is 1. The molecule has 5 N–H and O–H groups in total. The number of ketones is 2. The molecule has 0 aliphatic heterocycles. The van der Waals surface area contributed by atoms with E-state index < -0.39 is 51.2 Å². The molecule has 550 valence electrons. The molecule has 102 heavy (non-hydrogen) atoms. The summed E-state index contributed by atoms with van der Waals surface area (Å²) in [6.07, 6.45) is 7.97. The van der Waals surface area contributed by atoms with Gasteiger partial charge in [-0.2, -0.15) is 10.2 Å². The maximum absolute atomic E-state index is 12.8. The van der Waals surface area contributed by atoms with E-state index in [0.717, 1.165) is 82.0 Å². The Balaban J connectivity index is 0.000000271. The van der Waals surface area contributed by atoms with Gasteiger partial charge in [0, 0.05) is 81.1 Å². The van der Waals surface area contributed by atoms with Crippen molar-refractivity contribution in [1.29, 1.82) is 0 Å². The Bertz CT molecular complexity index is 4540. The summed E-state index contributed by atoms with van der Waals surface area (Å²) in [6.45, 7) is 11.9. The highest BCUT2D eigenvalue weighted by atomic mass is 79.9. The van der Waals surface area contributed by atoms with E-state index in [9.17, 15) is 48.1 Å². The zero-order valence-corrected chi connectivity index (χ0v) is 67.0. The summed E-state index contributed by atoms with van der Waals surface area (Å²) in [6, 6.07) is 56.9. The molecule has 9 aromatic rings. The average molecular weight is 1640 g/mol. The smallest absolute Gasteiger partial charge is 0.310 e. The number of aliphatic carboxylic acids is 1. The molecule has 9 rings (SSSR count). The molecule has 26 heteroatoms. The lowest BCUT2D eigenvalue weighted by Crippen LogP contribution is -2.12. The standard InChI is InChI=1S/C24H27ClN2O3S.C13H18O3S.C12H16O4S.C11H12ClN3.C9H11BrO2S.C7H8BrN/c1-17-15-23(27(26-17)22-6-4-5-21(25)16-22)11-12-24(28)18(2)20-9-7-19(8-10-20)13-14-31(3,29)30;1-10(11(2)14)13-6-4-12(5-7-13)8-9-17(3,15)16;1-9(12(13)14)11-5-3-10(4-6-11)7-8-17(2,15)16;1-8-5-11(7-13)15(14-8)10-4-2-3-9(12)6-10;1-13(11,12)7-6-8-2-4-9(10)5-3-8;8-7-3-1-6(5-9)2-4-7/h4-10,15-16,18H,11-14H2,1-3H3;4-7,10H,8-9H2,1-3H3;3-6,9H,7-8H2,1-2H3,(H,13,14);2-6H,7,13H2,1H3;2-5H,6-7H2,1H3;1-4H,5,9H2. The zero-order valence-electron chi connectivity index (χ0n) is 59.1. The van der Waals surface area contributed by atoms with Gasteiger partial charge in [0.15, 0.2) is 0 Å². The lowest BCUT2D eigenvalue weighted by molar-refractivity contribution is -0.138. The molecule has 0 radical (unpaired) electrons. The second kappa shape index (κ2) is 42.1. The minimum Gasteiger partial charge on any atom is -0.481 e. The topological polar surface area (TPSA) is 296 Å². The number of nitrogens with zero attached hydrogens (tertiary/aromatic N) is 4. The van der Waals surface area contributed by atoms with Crippen LogP contribution in [0.4, 0.5) is 0 Å². The molecule has 0 spiro atoms. The molecule has 0 saturated heterocycles. The van der Waals surface area contributed by atoms with E-state index in [0.29, 0.717) is 61.7 Å². The quantitative estimate of drug-likeness (QED) is 0.0479. The Hall–Kier alpha value is -6.97. The first-order chi connectivity index (χ1) is 47.7. The molecule has 0 aliphatic rings. The zero-order chi connectivity index (χ0) is 76.1. The molecule has 0 bridgehead atoms. The van der Waals surface area contributed by atoms with Gasteiger partial charge in [0.25, 0.3) is 0 Å². The molecule has 2 heterocycles. The van der Waals surface area contributed by atoms with Crippen molar-refractivity contribution in [3.05, 3.63) is 268 Å². The molecule has 2 aromatic heterocycles. The maximum Gasteiger partial charge on any atom is 0.310 e. The Kier molecular flexibility index (Phi) is 36.1. The number of hydrogen-bond donors (Lipinski definition) is 3.